The maximum absolute atomic E-state index is 15.1. The van der Waals surface area contributed by atoms with Crippen LogP contribution in [0.5, 0.6) is 0 Å². The zero-order valence-electron chi connectivity index (χ0n) is 19.9. The van der Waals surface area contributed by atoms with E-state index in [1.54, 1.807) is 0 Å². The topological polar surface area (TPSA) is 143 Å². The van der Waals surface area contributed by atoms with Crippen LogP contribution in [-0.2, 0) is 15.4 Å². The molecule has 0 aliphatic rings. The lowest BCUT2D eigenvalue weighted by Gasteiger charge is -2.29. The summed E-state index contributed by atoms with van der Waals surface area (Å²) in [6, 6.07) is 2.57. The third kappa shape index (κ3) is 5.63. The Balaban J connectivity index is 0.000000675. The number of benzene rings is 2. The number of thiophene rings is 1. The monoisotopic (exact) mass is 670 g/mol. The Labute approximate surface area is 226 Å². The van der Waals surface area contributed by atoms with Crippen LogP contribution in [0.2, 0.25) is 0 Å². The average molecular weight is 670 g/mol. The zero-order chi connectivity index (χ0) is 33.2. The molecule has 42 heavy (non-hydrogen) atoms. The van der Waals surface area contributed by atoms with E-state index in [2.05, 4.69) is 0 Å². The van der Waals surface area contributed by atoms with E-state index in [0.29, 0.717) is 12.1 Å². The first-order valence-corrected chi connectivity index (χ1v) is 12.7. The van der Waals surface area contributed by atoms with Gasteiger partial charge in [0, 0.05) is 21.9 Å². The van der Waals surface area contributed by atoms with Crippen LogP contribution < -0.4 is 0 Å². The minimum Gasteiger partial charge on any atom is -0.741 e. The number of alkyl halides is 12. The lowest BCUT2D eigenvalue weighted by atomic mass is 10.1. The average Bonchev–Trinajstić information content (AvgIpc) is 3.08. The van der Waals surface area contributed by atoms with E-state index in [9.17, 15) is 64.1 Å². The van der Waals surface area contributed by atoms with Gasteiger partial charge in [-0.15, -0.1) is 8.78 Å². The van der Waals surface area contributed by atoms with Gasteiger partial charge in [-0.05, 0) is 26.0 Å². The SMILES string of the molecule is Cc1cc2c3cc(C)c([N+](=O)[O-])cc3[s+](C(F)(F)C(F)(F)C(F)(F)C(F)(F)F)c2cc1[N+](=O)[O-].O=S(=O)([O-])C(F)(F)F. The largest absolute Gasteiger partial charge is 0.741 e. The van der Waals surface area contributed by atoms with Gasteiger partial charge in [0.15, 0.2) is 19.5 Å². The molecule has 1 aromatic heterocycles. The fourth-order valence-corrected chi connectivity index (χ4v) is 5.80. The molecule has 3 rings (SSSR count). The Morgan fingerprint density at radius 1 is 0.667 bits per heavy atom. The second kappa shape index (κ2) is 10.4. The van der Waals surface area contributed by atoms with E-state index in [1.807, 2.05) is 0 Å². The van der Waals surface area contributed by atoms with E-state index in [4.69, 9.17) is 13.0 Å². The first kappa shape index (κ1) is 34.7. The summed E-state index contributed by atoms with van der Waals surface area (Å²) < 4.78 is 181. The molecule has 0 bridgehead atoms. The molecule has 0 saturated carbocycles. The first-order chi connectivity index (χ1) is 18.5. The molecule has 9 nitrogen and oxygen atoms in total. The van der Waals surface area contributed by atoms with Crippen molar-refractivity contribution in [3.63, 3.8) is 0 Å². The number of aryl methyl sites for hydroxylation is 2. The number of hydrogen-bond acceptors (Lipinski definition) is 7. The summed E-state index contributed by atoms with van der Waals surface area (Å²) in [7, 11) is -9.77. The van der Waals surface area contributed by atoms with Crippen molar-refractivity contribution in [3.8, 4) is 0 Å². The predicted molar refractivity (Wildman–Crippen MR) is 119 cm³/mol. The van der Waals surface area contributed by atoms with Crippen molar-refractivity contribution >= 4 is 52.1 Å². The van der Waals surface area contributed by atoms with Crippen LogP contribution in [0.4, 0.5) is 64.1 Å². The van der Waals surface area contributed by atoms with Gasteiger partial charge in [-0.25, -0.2) is 8.42 Å². The van der Waals surface area contributed by atoms with Crippen molar-refractivity contribution in [1.29, 1.82) is 0 Å². The Morgan fingerprint density at radius 2 is 0.976 bits per heavy atom. The van der Waals surface area contributed by atoms with E-state index in [0.717, 1.165) is 26.0 Å². The van der Waals surface area contributed by atoms with E-state index in [-0.39, 0.29) is 21.9 Å². The quantitative estimate of drug-likeness (QED) is 0.0679. The zero-order valence-corrected chi connectivity index (χ0v) is 21.5. The second-order valence-electron chi connectivity index (χ2n) is 8.15. The molecule has 1 heterocycles. The normalized spacial score (nSPS) is 13.7. The van der Waals surface area contributed by atoms with Gasteiger partial charge in [0.05, 0.1) is 32.4 Å². The number of fused-ring (bicyclic) bond motifs is 3. The number of hydrogen-bond donors (Lipinski definition) is 0. The van der Waals surface area contributed by atoms with Gasteiger partial charge in [-0.3, -0.25) is 20.2 Å². The Kier molecular flexibility index (Phi) is 8.57. The summed E-state index contributed by atoms with van der Waals surface area (Å²) in [6.45, 7) is 2.30. The van der Waals surface area contributed by atoms with Crippen molar-refractivity contribution in [2.24, 2.45) is 0 Å². The molecule has 23 heteroatoms. The van der Waals surface area contributed by atoms with Gasteiger partial charge >= 0.3 is 28.8 Å². The smallest absolute Gasteiger partial charge is 0.503 e. The third-order valence-corrected chi connectivity index (χ3v) is 8.27. The minimum atomic E-state index is -7.20. The molecule has 0 amide bonds. The molecule has 0 unspecified atom stereocenters. The van der Waals surface area contributed by atoms with Gasteiger partial charge in [-0.1, -0.05) is 0 Å². The molecular formula is C19H10F12N2O7S2. The second-order valence-corrected chi connectivity index (χ2v) is 11.5. The maximum atomic E-state index is 15.1. The fraction of sp³-hybridized carbons (Fsp3) is 0.368. The van der Waals surface area contributed by atoms with E-state index < -0.39 is 80.0 Å². The van der Waals surface area contributed by atoms with Crippen molar-refractivity contribution in [2.75, 3.05) is 0 Å². The number of halogens is 12. The molecule has 0 saturated heterocycles. The van der Waals surface area contributed by atoms with Crippen LogP contribution in [0.15, 0.2) is 24.3 Å². The predicted octanol–water partition coefficient (Wildman–Crippen LogP) is 7.61. The van der Waals surface area contributed by atoms with Crippen molar-refractivity contribution in [2.45, 2.75) is 42.6 Å². The Morgan fingerprint density at radius 3 is 1.21 bits per heavy atom. The highest BCUT2D eigenvalue weighted by molar-refractivity contribution is 7.86. The number of nitro benzene ring substituents is 2. The highest BCUT2D eigenvalue weighted by Crippen LogP contribution is 2.65. The number of rotatable bonds is 5. The van der Waals surface area contributed by atoms with Crippen LogP contribution in [0.1, 0.15) is 11.1 Å². The molecule has 0 spiro atoms. The highest BCUT2D eigenvalue weighted by atomic mass is 32.2. The van der Waals surface area contributed by atoms with Crippen LogP contribution in [0.3, 0.4) is 0 Å². The number of nitrogens with zero attached hydrogens (tertiary/aromatic N) is 2. The molecule has 234 valence electrons. The Bertz CT molecular complexity index is 1620. The lowest BCUT2D eigenvalue weighted by molar-refractivity contribution is -0.390. The minimum absolute atomic E-state index is 0.160. The summed E-state index contributed by atoms with van der Waals surface area (Å²) in [5, 5.41) is 15.6. The fourth-order valence-electron chi connectivity index (χ4n) is 3.39. The molecule has 2 aromatic carbocycles. The van der Waals surface area contributed by atoms with Crippen LogP contribution >= 0.6 is 10.5 Å². The van der Waals surface area contributed by atoms with Gasteiger partial charge in [0.2, 0.25) is 0 Å². The molecule has 0 N–H and O–H groups in total. The standard InChI is InChI=1S/C18H10F9N2O4S.CHF3O3S/c1-7-3-9-10-4-8(2)12(29(32)33)6-14(10)34(13(9)5-11(7)28(30)31)18(26,27)16(21,22)15(19,20)17(23,24)25;2-1(3,4)8(5,6)7/h3-6H,1-2H3;(H,5,6,7)/q+1;/p-1. The summed E-state index contributed by atoms with van der Waals surface area (Å²) in [6.07, 6.45) is -7.08. The number of nitro groups is 2. The van der Waals surface area contributed by atoms with Crippen molar-refractivity contribution in [1.82, 2.24) is 0 Å². The maximum Gasteiger partial charge on any atom is 0.503 e. The Hall–Kier alpha value is -3.47. The van der Waals surface area contributed by atoms with Crippen LogP contribution in [-0.4, -0.2) is 46.3 Å². The van der Waals surface area contributed by atoms with Crippen molar-refractivity contribution in [3.05, 3.63) is 55.6 Å². The molecule has 0 radical (unpaired) electrons. The van der Waals surface area contributed by atoms with Gasteiger partial charge in [0.25, 0.3) is 11.4 Å². The van der Waals surface area contributed by atoms with Crippen LogP contribution in [0.25, 0.3) is 20.2 Å². The van der Waals surface area contributed by atoms with Gasteiger partial charge in [-0.2, -0.15) is 43.9 Å². The molecule has 0 aliphatic heterocycles. The molecule has 0 aliphatic carbocycles. The van der Waals surface area contributed by atoms with Gasteiger partial charge in [0.1, 0.15) is 0 Å². The summed E-state index contributed by atoms with van der Waals surface area (Å²) >= 11 is 0. The highest BCUT2D eigenvalue weighted by Gasteiger charge is 2.86. The van der Waals surface area contributed by atoms with Crippen LogP contribution in [0, 0.1) is 34.1 Å². The van der Waals surface area contributed by atoms with E-state index in [1.165, 1.54) is 0 Å². The summed E-state index contributed by atoms with van der Waals surface area (Å²) in [5.74, 6) is -14.2. The summed E-state index contributed by atoms with van der Waals surface area (Å²) in [4.78, 5) is 20.3. The lowest BCUT2D eigenvalue weighted by Crippen LogP contribution is -2.58. The molecule has 3 aromatic rings. The molecular weight excluding hydrogens is 660 g/mol. The van der Waals surface area contributed by atoms with Crippen molar-refractivity contribution < 1.29 is 75.5 Å². The van der Waals surface area contributed by atoms with Gasteiger partial charge < -0.3 is 4.55 Å². The van der Waals surface area contributed by atoms with E-state index >= 15 is 8.78 Å². The molecule has 0 atom stereocenters. The first-order valence-electron chi connectivity index (χ1n) is 10.1. The molecule has 0 fully saturated rings. The summed E-state index contributed by atoms with van der Waals surface area (Å²) in [5.41, 5.74) is -7.75. The third-order valence-electron chi connectivity index (χ3n) is 5.38.